The monoisotopic (exact) mass is 583 g/mol. The molecule has 41 heavy (non-hydrogen) atoms. The summed E-state index contributed by atoms with van der Waals surface area (Å²) in [5.74, 6) is -3.72. The number of halogens is 6. The van der Waals surface area contributed by atoms with E-state index in [1.807, 2.05) is 30.3 Å². The molecule has 7 nitrogen and oxygen atoms in total. The summed E-state index contributed by atoms with van der Waals surface area (Å²) in [6, 6.07) is 10.2. The molecule has 220 valence electrons. The first-order valence-corrected chi connectivity index (χ1v) is 13.1. The van der Waals surface area contributed by atoms with Crippen LogP contribution in [0.5, 0.6) is 0 Å². The van der Waals surface area contributed by atoms with Crippen LogP contribution in [0.4, 0.5) is 26.3 Å². The summed E-state index contributed by atoms with van der Waals surface area (Å²) < 4.78 is 85.8. The molecule has 3 heterocycles. The molecule has 1 spiro atoms. The Kier molecular flexibility index (Phi) is 7.62. The molecule has 0 bridgehead atoms. The number of alkyl halides is 6. The molecule has 2 atom stereocenters. The van der Waals surface area contributed by atoms with Crippen LogP contribution in [0.2, 0.25) is 0 Å². The molecule has 0 saturated carbocycles. The number of carbonyl (C=O) groups is 3. The summed E-state index contributed by atoms with van der Waals surface area (Å²) in [7, 11) is 0. The minimum atomic E-state index is -5.06. The van der Waals surface area contributed by atoms with Crippen molar-refractivity contribution in [2.45, 2.75) is 43.9 Å². The largest absolute Gasteiger partial charge is 0.416 e. The molecule has 3 aliphatic heterocycles. The summed E-state index contributed by atoms with van der Waals surface area (Å²) in [4.78, 5) is 42.7. The molecule has 3 aliphatic rings. The number of piperidine rings is 1. The Balaban J connectivity index is 1.38. The lowest BCUT2D eigenvalue weighted by atomic mass is 9.75. The maximum atomic E-state index is 13.7. The molecule has 3 amide bonds. The van der Waals surface area contributed by atoms with E-state index >= 15 is 0 Å². The first-order chi connectivity index (χ1) is 19.3. The predicted octanol–water partition coefficient (Wildman–Crippen LogP) is 4.01. The number of nitrogens with zero attached hydrogens (tertiary/aromatic N) is 2. The highest BCUT2D eigenvalue weighted by molar-refractivity contribution is 6.07. The molecule has 1 N–H and O–H groups in total. The second-order valence-electron chi connectivity index (χ2n) is 10.6. The van der Waals surface area contributed by atoms with Crippen molar-refractivity contribution < 1.29 is 45.5 Å². The number of amides is 3. The Bertz CT molecular complexity index is 1290. The van der Waals surface area contributed by atoms with Gasteiger partial charge in [0.25, 0.3) is 0 Å². The Morgan fingerprint density at radius 2 is 1.51 bits per heavy atom. The summed E-state index contributed by atoms with van der Waals surface area (Å²) in [5.41, 5.74) is -3.67. The van der Waals surface area contributed by atoms with Crippen molar-refractivity contribution in [1.82, 2.24) is 15.1 Å². The van der Waals surface area contributed by atoms with E-state index in [9.17, 15) is 40.7 Å². The summed E-state index contributed by atoms with van der Waals surface area (Å²) in [6.45, 7) is 0.00402. The molecule has 2 aromatic rings. The quantitative estimate of drug-likeness (QED) is 0.411. The predicted molar refractivity (Wildman–Crippen MR) is 132 cm³/mol. The van der Waals surface area contributed by atoms with Crippen LogP contribution in [-0.2, 0) is 44.6 Å². The van der Waals surface area contributed by atoms with E-state index in [4.69, 9.17) is 4.74 Å². The zero-order valence-electron chi connectivity index (χ0n) is 21.7. The van der Waals surface area contributed by atoms with Crippen LogP contribution in [0.1, 0.15) is 35.1 Å². The van der Waals surface area contributed by atoms with Crippen molar-refractivity contribution in [2.75, 3.05) is 26.2 Å². The Labute approximate surface area is 231 Å². The number of ether oxygens (including phenoxy) is 1. The number of nitrogens with one attached hydrogen (secondary N) is 1. The number of benzene rings is 2. The molecule has 2 unspecified atom stereocenters. The Morgan fingerprint density at radius 1 is 0.902 bits per heavy atom. The lowest BCUT2D eigenvalue weighted by molar-refractivity contribution is -0.148. The van der Waals surface area contributed by atoms with Crippen LogP contribution in [0, 0.1) is 11.8 Å². The number of carbonyl (C=O) groups excluding carboxylic acids is 3. The maximum Gasteiger partial charge on any atom is 0.416 e. The normalized spacial score (nSPS) is 22.5. The van der Waals surface area contributed by atoms with Crippen LogP contribution in [0.25, 0.3) is 0 Å². The van der Waals surface area contributed by atoms with Crippen molar-refractivity contribution >= 4 is 17.7 Å². The third-order valence-corrected chi connectivity index (χ3v) is 8.11. The van der Waals surface area contributed by atoms with Gasteiger partial charge in [0.05, 0.1) is 41.7 Å². The topological polar surface area (TPSA) is 79.0 Å². The van der Waals surface area contributed by atoms with Gasteiger partial charge in [0.1, 0.15) is 6.61 Å². The van der Waals surface area contributed by atoms with Gasteiger partial charge in [0, 0.05) is 6.54 Å². The van der Waals surface area contributed by atoms with E-state index in [2.05, 4.69) is 5.32 Å². The molecule has 0 radical (unpaired) electrons. The molecule has 13 heteroatoms. The zero-order valence-corrected chi connectivity index (χ0v) is 21.7. The number of rotatable bonds is 6. The summed E-state index contributed by atoms with van der Waals surface area (Å²) >= 11 is 0. The van der Waals surface area contributed by atoms with Crippen LogP contribution in [-0.4, -0.2) is 59.3 Å². The SMILES string of the molecule is O=C1C2CN(C(=O)COCc3ccccc3)C3(CCNCC3)C2C(=O)N1Cc1cc(C(F)(F)F)cc(C(F)(F)F)c1. The van der Waals surface area contributed by atoms with E-state index in [1.165, 1.54) is 4.90 Å². The fourth-order valence-corrected chi connectivity index (χ4v) is 6.27. The molecular weight excluding hydrogens is 556 g/mol. The molecular formula is C28H27F6N3O4. The van der Waals surface area contributed by atoms with Gasteiger partial charge >= 0.3 is 12.4 Å². The van der Waals surface area contributed by atoms with Crippen molar-refractivity contribution in [2.24, 2.45) is 11.8 Å². The average molecular weight is 584 g/mol. The van der Waals surface area contributed by atoms with Crippen molar-refractivity contribution in [1.29, 1.82) is 0 Å². The average Bonchev–Trinajstić information content (AvgIpc) is 3.36. The van der Waals surface area contributed by atoms with Gasteiger partial charge in [-0.05, 0) is 55.3 Å². The number of imide groups is 1. The minimum Gasteiger partial charge on any atom is -0.367 e. The van der Waals surface area contributed by atoms with E-state index in [1.54, 1.807) is 0 Å². The van der Waals surface area contributed by atoms with Gasteiger partial charge in [0.15, 0.2) is 0 Å². The van der Waals surface area contributed by atoms with Crippen LogP contribution >= 0.6 is 0 Å². The van der Waals surface area contributed by atoms with E-state index in [-0.39, 0.29) is 25.8 Å². The summed E-state index contributed by atoms with van der Waals surface area (Å²) in [6.07, 6.45) is -9.41. The zero-order chi connectivity index (χ0) is 29.6. The molecule has 2 aromatic carbocycles. The number of fused-ring (bicyclic) bond motifs is 2. The lowest BCUT2D eigenvalue weighted by Crippen LogP contribution is -2.59. The van der Waals surface area contributed by atoms with Crippen molar-refractivity contribution in [3.8, 4) is 0 Å². The molecule has 3 fully saturated rings. The Hall–Kier alpha value is -3.45. The van der Waals surface area contributed by atoms with E-state index in [0.717, 1.165) is 10.5 Å². The minimum absolute atomic E-state index is 0.000759. The van der Waals surface area contributed by atoms with Crippen LogP contribution in [0.15, 0.2) is 48.5 Å². The first kappa shape index (κ1) is 29.1. The highest BCUT2D eigenvalue weighted by atomic mass is 19.4. The maximum absolute atomic E-state index is 13.7. The van der Waals surface area contributed by atoms with Gasteiger partial charge in [-0.3, -0.25) is 19.3 Å². The molecule has 0 aromatic heterocycles. The standard InChI is InChI=1S/C28H27F6N3O4/c29-27(30,31)19-10-18(11-20(12-19)28(32,33)34)13-36-24(39)21-14-37(22(38)16-41-15-17-4-2-1-3-5-17)26(23(21)25(36)40)6-8-35-9-7-26/h1-5,10-12,21,23,35H,6-9,13-16H2. The Morgan fingerprint density at radius 3 is 2.10 bits per heavy atom. The number of hydrogen-bond acceptors (Lipinski definition) is 5. The summed E-state index contributed by atoms with van der Waals surface area (Å²) in [5, 5.41) is 3.17. The molecule has 0 aliphatic carbocycles. The van der Waals surface area contributed by atoms with Crippen LogP contribution < -0.4 is 5.32 Å². The van der Waals surface area contributed by atoms with Crippen molar-refractivity contribution in [3.63, 3.8) is 0 Å². The fourth-order valence-electron chi connectivity index (χ4n) is 6.27. The van der Waals surface area contributed by atoms with Gasteiger partial charge in [-0.25, -0.2) is 0 Å². The smallest absolute Gasteiger partial charge is 0.367 e. The highest BCUT2D eigenvalue weighted by Crippen LogP contribution is 2.50. The highest BCUT2D eigenvalue weighted by Gasteiger charge is 2.65. The van der Waals surface area contributed by atoms with E-state index < -0.39 is 70.7 Å². The van der Waals surface area contributed by atoms with Crippen LogP contribution in [0.3, 0.4) is 0 Å². The van der Waals surface area contributed by atoms with E-state index in [0.29, 0.717) is 38.1 Å². The third kappa shape index (κ3) is 5.56. The second-order valence-corrected chi connectivity index (χ2v) is 10.6. The van der Waals surface area contributed by atoms with Gasteiger partial charge in [-0.2, -0.15) is 26.3 Å². The van der Waals surface area contributed by atoms with Crippen molar-refractivity contribution in [3.05, 3.63) is 70.8 Å². The van der Waals surface area contributed by atoms with Gasteiger partial charge < -0.3 is 15.0 Å². The lowest BCUT2D eigenvalue weighted by Gasteiger charge is -2.44. The van der Waals surface area contributed by atoms with Gasteiger partial charge in [-0.15, -0.1) is 0 Å². The van der Waals surface area contributed by atoms with Gasteiger partial charge in [-0.1, -0.05) is 30.3 Å². The van der Waals surface area contributed by atoms with Gasteiger partial charge in [0.2, 0.25) is 17.7 Å². The fraction of sp³-hybridized carbons (Fsp3) is 0.464. The first-order valence-electron chi connectivity index (χ1n) is 13.1. The molecule has 3 saturated heterocycles. The molecule has 5 rings (SSSR count). The number of likely N-dealkylation sites (tertiary alicyclic amines) is 2. The third-order valence-electron chi connectivity index (χ3n) is 8.11. The number of hydrogen-bond donors (Lipinski definition) is 1. The second kappa shape index (κ2) is 10.8.